The second-order valence-electron chi connectivity index (χ2n) is 6.42. The van der Waals surface area contributed by atoms with Crippen molar-refractivity contribution in [1.82, 2.24) is 5.32 Å². The number of para-hydroxylation sites is 1. The summed E-state index contributed by atoms with van der Waals surface area (Å²) in [4.78, 5) is 11.9. The van der Waals surface area contributed by atoms with E-state index in [2.05, 4.69) is 26.1 Å². The van der Waals surface area contributed by atoms with E-state index in [0.29, 0.717) is 11.5 Å². The molecule has 0 heterocycles. The molecule has 20 heavy (non-hydrogen) atoms. The standard InChI is InChI=1S/C17H25NO2/c1-4-13-7-5-6-8-15(13)20-12-16(19)18-14-9-10-17(2,3)11-14/h5-8,14H,4,9-12H2,1-3H3,(H,18,19). The van der Waals surface area contributed by atoms with Gasteiger partial charge in [0.1, 0.15) is 5.75 Å². The van der Waals surface area contributed by atoms with Gasteiger partial charge in [0.2, 0.25) is 0 Å². The molecule has 3 heteroatoms. The molecule has 1 saturated carbocycles. The van der Waals surface area contributed by atoms with Crippen LogP contribution in [0.1, 0.15) is 45.6 Å². The van der Waals surface area contributed by atoms with Gasteiger partial charge in [-0.15, -0.1) is 0 Å². The van der Waals surface area contributed by atoms with Gasteiger partial charge in [0, 0.05) is 6.04 Å². The largest absolute Gasteiger partial charge is 0.483 e. The summed E-state index contributed by atoms with van der Waals surface area (Å²) in [5.74, 6) is 0.801. The van der Waals surface area contributed by atoms with Gasteiger partial charge in [-0.2, -0.15) is 0 Å². The molecule has 2 rings (SSSR count). The van der Waals surface area contributed by atoms with Crippen LogP contribution in [-0.4, -0.2) is 18.6 Å². The minimum atomic E-state index is -0.0152. The molecule has 0 spiro atoms. The topological polar surface area (TPSA) is 38.3 Å². The van der Waals surface area contributed by atoms with Gasteiger partial charge in [0.25, 0.3) is 5.91 Å². The molecule has 0 radical (unpaired) electrons. The fourth-order valence-electron chi connectivity index (χ4n) is 2.91. The summed E-state index contributed by atoms with van der Waals surface area (Å²) < 4.78 is 5.64. The van der Waals surface area contributed by atoms with Gasteiger partial charge in [-0.1, -0.05) is 39.0 Å². The number of aryl methyl sites for hydroxylation is 1. The lowest BCUT2D eigenvalue weighted by molar-refractivity contribution is -0.123. The second kappa shape index (κ2) is 6.29. The maximum Gasteiger partial charge on any atom is 0.258 e. The molecule has 1 aromatic rings. The molecule has 1 atom stereocenters. The average molecular weight is 275 g/mol. The van der Waals surface area contributed by atoms with E-state index in [9.17, 15) is 4.79 Å². The fourth-order valence-corrected chi connectivity index (χ4v) is 2.91. The number of benzene rings is 1. The van der Waals surface area contributed by atoms with Crippen LogP contribution in [0, 0.1) is 5.41 Å². The highest BCUT2D eigenvalue weighted by Gasteiger charge is 2.31. The SMILES string of the molecule is CCc1ccccc1OCC(=O)NC1CCC(C)(C)C1. The lowest BCUT2D eigenvalue weighted by atomic mass is 9.92. The van der Waals surface area contributed by atoms with Crippen LogP contribution in [0.2, 0.25) is 0 Å². The lowest BCUT2D eigenvalue weighted by Crippen LogP contribution is -2.36. The molecule has 1 fully saturated rings. The number of carbonyl (C=O) groups is 1. The van der Waals surface area contributed by atoms with Crippen molar-refractivity contribution in [2.24, 2.45) is 5.41 Å². The van der Waals surface area contributed by atoms with Crippen molar-refractivity contribution >= 4 is 5.91 Å². The highest BCUT2D eigenvalue weighted by atomic mass is 16.5. The first-order valence-electron chi connectivity index (χ1n) is 7.50. The molecule has 0 aromatic heterocycles. The van der Waals surface area contributed by atoms with Crippen LogP contribution < -0.4 is 10.1 Å². The van der Waals surface area contributed by atoms with Gasteiger partial charge in [0.05, 0.1) is 0 Å². The van der Waals surface area contributed by atoms with E-state index in [1.165, 1.54) is 6.42 Å². The van der Waals surface area contributed by atoms with Crippen LogP contribution >= 0.6 is 0 Å². The first kappa shape index (κ1) is 14.9. The monoisotopic (exact) mass is 275 g/mol. The number of ether oxygens (including phenoxy) is 1. The van der Waals surface area contributed by atoms with Gasteiger partial charge < -0.3 is 10.1 Å². The molecule has 1 amide bonds. The number of hydrogen-bond donors (Lipinski definition) is 1. The van der Waals surface area contributed by atoms with Crippen molar-refractivity contribution in [3.8, 4) is 5.75 Å². The summed E-state index contributed by atoms with van der Waals surface area (Å²) >= 11 is 0. The van der Waals surface area contributed by atoms with Crippen LogP contribution in [0.15, 0.2) is 24.3 Å². The molecular formula is C17H25NO2. The predicted molar refractivity (Wildman–Crippen MR) is 80.9 cm³/mol. The highest BCUT2D eigenvalue weighted by molar-refractivity contribution is 5.77. The molecule has 0 bridgehead atoms. The molecule has 0 aliphatic heterocycles. The van der Waals surface area contributed by atoms with Gasteiger partial charge in [0.15, 0.2) is 6.61 Å². The Bertz CT molecular complexity index is 468. The number of nitrogens with one attached hydrogen (secondary N) is 1. The summed E-state index contributed by atoms with van der Waals surface area (Å²) in [6.07, 6.45) is 4.22. The highest BCUT2D eigenvalue weighted by Crippen LogP contribution is 2.36. The Kier molecular flexibility index (Phi) is 4.69. The van der Waals surface area contributed by atoms with E-state index in [-0.39, 0.29) is 12.5 Å². The van der Waals surface area contributed by atoms with E-state index in [4.69, 9.17) is 4.74 Å². The third-order valence-electron chi connectivity index (χ3n) is 4.05. The summed E-state index contributed by atoms with van der Waals surface area (Å²) in [6.45, 7) is 6.71. The van der Waals surface area contributed by atoms with Crippen LogP contribution in [0.4, 0.5) is 0 Å². The van der Waals surface area contributed by atoms with Crippen LogP contribution in [0.5, 0.6) is 5.75 Å². The smallest absolute Gasteiger partial charge is 0.258 e. The molecule has 1 N–H and O–H groups in total. The summed E-state index contributed by atoms with van der Waals surface area (Å²) in [6, 6.07) is 8.19. The van der Waals surface area contributed by atoms with Crippen molar-refractivity contribution in [2.45, 2.75) is 52.5 Å². The molecule has 1 aromatic carbocycles. The Labute approximate surface area is 121 Å². The average Bonchev–Trinajstić information content (AvgIpc) is 2.76. The summed E-state index contributed by atoms with van der Waals surface area (Å²) in [7, 11) is 0. The van der Waals surface area contributed by atoms with E-state index >= 15 is 0 Å². The van der Waals surface area contributed by atoms with Crippen LogP contribution in [0.25, 0.3) is 0 Å². The minimum absolute atomic E-state index is 0.0152. The number of hydrogen-bond acceptors (Lipinski definition) is 2. The van der Waals surface area contributed by atoms with Crippen LogP contribution in [-0.2, 0) is 11.2 Å². The number of amides is 1. The van der Waals surface area contributed by atoms with Crippen molar-refractivity contribution < 1.29 is 9.53 Å². The lowest BCUT2D eigenvalue weighted by Gasteiger charge is -2.18. The Hall–Kier alpha value is -1.51. The molecule has 1 aliphatic carbocycles. The van der Waals surface area contributed by atoms with E-state index in [1.807, 2.05) is 24.3 Å². The number of rotatable bonds is 5. The van der Waals surface area contributed by atoms with Gasteiger partial charge in [-0.25, -0.2) is 0 Å². The normalized spacial score (nSPS) is 20.6. The maximum absolute atomic E-state index is 11.9. The Balaban J connectivity index is 1.81. The maximum atomic E-state index is 11.9. The van der Waals surface area contributed by atoms with Gasteiger partial charge in [-0.05, 0) is 42.7 Å². The Morgan fingerprint density at radius 1 is 1.40 bits per heavy atom. The minimum Gasteiger partial charge on any atom is -0.483 e. The quantitative estimate of drug-likeness (QED) is 0.895. The van der Waals surface area contributed by atoms with Crippen molar-refractivity contribution in [1.29, 1.82) is 0 Å². The van der Waals surface area contributed by atoms with E-state index < -0.39 is 0 Å². The first-order chi connectivity index (χ1) is 9.50. The first-order valence-corrected chi connectivity index (χ1v) is 7.50. The molecule has 3 nitrogen and oxygen atoms in total. The van der Waals surface area contributed by atoms with E-state index in [0.717, 1.165) is 30.6 Å². The van der Waals surface area contributed by atoms with Crippen molar-refractivity contribution in [3.05, 3.63) is 29.8 Å². The molecule has 0 saturated heterocycles. The fraction of sp³-hybridized carbons (Fsp3) is 0.588. The second-order valence-corrected chi connectivity index (χ2v) is 6.42. The zero-order chi connectivity index (χ0) is 14.6. The number of carbonyl (C=O) groups excluding carboxylic acids is 1. The van der Waals surface area contributed by atoms with Gasteiger partial charge >= 0.3 is 0 Å². The molecule has 110 valence electrons. The summed E-state index contributed by atoms with van der Waals surface area (Å²) in [5.41, 5.74) is 1.50. The predicted octanol–water partition coefficient (Wildman–Crippen LogP) is 3.32. The van der Waals surface area contributed by atoms with Crippen molar-refractivity contribution in [3.63, 3.8) is 0 Å². The van der Waals surface area contributed by atoms with Crippen LogP contribution in [0.3, 0.4) is 0 Å². The van der Waals surface area contributed by atoms with Gasteiger partial charge in [-0.3, -0.25) is 4.79 Å². The molecule has 1 aliphatic rings. The Morgan fingerprint density at radius 3 is 2.80 bits per heavy atom. The van der Waals surface area contributed by atoms with Crippen molar-refractivity contribution in [2.75, 3.05) is 6.61 Å². The third-order valence-corrected chi connectivity index (χ3v) is 4.05. The summed E-state index contributed by atoms with van der Waals surface area (Å²) in [5, 5.41) is 3.08. The Morgan fingerprint density at radius 2 is 2.15 bits per heavy atom. The molecular weight excluding hydrogens is 250 g/mol. The zero-order valence-electron chi connectivity index (χ0n) is 12.7. The zero-order valence-corrected chi connectivity index (χ0v) is 12.7. The third kappa shape index (κ3) is 3.99. The van der Waals surface area contributed by atoms with E-state index in [1.54, 1.807) is 0 Å². The molecule has 1 unspecified atom stereocenters.